The van der Waals surface area contributed by atoms with Crippen LogP contribution >= 0.6 is 0 Å². The van der Waals surface area contributed by atoms with Gasteiger partial charge in [0, 0.05) is 16.7 Å². The molecule has 2 aliphatic heterocycles. The molecule has 0 aromatic heterocycles. The Hall–Kier alpha value is -1.91. The van der Waals surface area contributed by atoms with Crippen LogP contribution in [0.5, 0.6) is 17.2 Å². The van der Waals surface area contributed by atoms with E-state index >= 15 is 0 Å². The molecule has 0 fully saturated rings. The molecule has 2 heterocycles. The minimum atomic E-state index is -0.786. The van der Waals surface area contributed by atoms with Crippen molar-refractivity contribution in [1.29, 1.82) is 0 Å². The fraction of sp³-hybridized carbons (Fsp3) is 0.588. The highest BCUT2D eigenvalue weighted by molar-refractivity contribution is 5.71. The summed E-state index contributed by atoms with van der Waals surface area (Å²) >= 11 is 0. The van der Waals surface area contributed by atoms with E-state index in [0.717, 1.165) is 59.6 Å². The van der Waals surface area contributed by atoms with Crippen molar-refractivity contribution in [3.8, 4) is 17.2 Å². The predicted molar refractivity (Wildman–Crippen MR) is 81.1 cm³/mol. The number of aliphatic carboxylic acids is 1. The molecule has 0 saturated carbocycles. The standard InChI is InChI=1S/C17H22O5/c1-10(17(18)19)9-13-11-5-3-8-22-16(11)15(20-2)12-6-4-7-21-14(12)13/h10H,3-9H2,1-2H3,(H,18,19). The van der Waals surface area contributed by atoms with Gasteiger partial charge in [-0.05, 0) is 32.1 Å². The Morgan fingerprint density at radius 2 is 1.82 bits per heavy atom. The molecule has 0 aliphatic carbocycles. The molecule has 5 heteroatoms. The molecule has 0 spiro atoms. The number of carbonyl (C=O) groups is 1. The maximum absolute atomic E-state index is 11.3. The molecule has 0 radical (unpaired) electrons. The van der Waals surface area contributed by atoms with E-state index in [1.165, 1.54) is 0 Å². The molecule has 0 amide bonds. The lowest BCUT2D eigenvalue weighted by molar-refractivity contribution is -0.141. The van der Waals surface area contributed by atoms with Crippen LogP contribution in [0.3, 0.4) is 0 Å². The van der Waals surface area contributed by atoms with E-state index in [1.54, 1.807) is 14.0 Å². The molecule has 1 unspecified atom stereocenters. The normalized spacial score (nSPS) is 17.5. The summed E-state index contributed by atoms with van der Waals surface area (Å²) in [6.07, 6.45) is 4.10. The second-order valence-corrected chi connectivity index (χ2v) is 5.97. The van der Waals surface area contributed by atoms with Crippen molar-refractivity contribution in [1.82, 2.24) is 0 Å². The number of fused-ring (bicyclic) bond motifs is 2. The van der Waals surface area contributed by atoms with Crippen LogP contribution in [0, 0.1) is 5.92 Å². The molecule has 1 aromatic rings. The first-order valence-corrected chi connectivity index (χ1v) is 7.86. The van der Waals surface area contributed by atoms with E-state index in [9.17, 15) is 9.90 Å². The van der Waals surface area contributed by atoms with Gasteiger partial charge in [-0.15, -0.1) is 0 Å². The molecule has 3 rings (SSSR count). The molecule has 22 heavy (non-hydrogen) atoms. The first-order chi connectivity index (χ1) is 10.6. The quantitative estimate of drug-likeness (QED) is 0.926. The first-order valence-electron chi connectivity index (χ1n) is 7.86. The van der Waals surface area contributed by atoms with E-state index in [1.807, 2.05) is 0 Å². The number of hydrogen-bond donors (Lipinski definition) is 1. The van der Waals surface area contributed by atoms with Crippen LogP contribution in [0.2, 0.25) is 0 Å². The molecule has 5 nitrogen and oxygen atoms in total. The topological polar surface area (TPSA) is 65.0 Å². The summed E-state index contributed by atoms with van der Waals surface area (Å²) < 4.78 is 17.4. The largest absolute Gasteiger partial charge is 0.493 e. The second kappa shape index (κ2) is 6.07. The predicted octanol–water partition coefficient (Wildman–Crippen LogP) is 2.61. The Kier molecular flexibility index (Phi) is 4.14. The lowest BCUT2D eigenvalue weighted by atomic mass is 9.87. The van der Waals surface area contributed by atoms with Crippen LogP contribution in [0.1, 0.15) is 36.5 Å². The maximum atomic E-state index is 11.3. The smallest absolute Gasteiger partial charge is 0.306 e. The molecule has 0 bridgehead atoms. The molecular formula is C17H22O5. The minimum absolute atomic E-state index is 0.450. The monoisotopic (exact) mass is 306 g/mol. The van der Waals surface area contributed by atoms with Crippen LogP contribution < -0.4 is 14.2 Å². The van der Waals surface area contributed by atoms with E-state index in [4.69, 9.17) is 14.2 Å². The van der Waals surface area contributed by atoms with Gasteiger partial charge in [0.25, 0.3) is 0 Å². The zero-order valence-corrected chi connectivity index (χ0v) is 13.1. The maximum Gasteiger partial charge on any atom is 0.306 e. The minimum Gasteiger partial charge on any atom is -0.493 e. The molecule has 2 aliphatic rings. The Morgan fingerprint density at radius 1 is 1.18 bits per heavy atom. The highest BCUT2D eigenvalue weighted by Gasteiger charge is 2.31. The fourth-order valence-electron chi connectivity index (χ4n) is 3.32. The van der Waals surface area contributed by atoms with E-state index < -0.39 is 11.9 Å². The number of benzene rings is 1. The van der Waals surface area contributed by atoms with Gasteiger partial charge in [0.15, 0.2) is 11.5 Å². The molecule has 0 saturated heterocycles. The van der Waals surface area contributed by atoms with Crippen molar-refractivity contribution in [2.45, 2.75) is 39.0 Å². The number of rotatable bonds is 4. The lowest BCUT2D eigenvalue weighted by Gasteiger charge is -2.30. The van der Waals surface area contributed by atoms with E-state index in [0.29, 0.717) is 19.6 Å². The molecule has 1 N–H and O–H groups in total. The summed E-state index contributed by atoms with van der Waals surface area (Å²) in [7, 11) is 1.65. The first kappa shape index (κ1) is 15.0. The Balaban J connectivity index is 2.16. The van der Waals surface area contributed by atoms with Crippen molar-refractivity contribution in [2.75, 3.05) is 20.3 Å². The van der Waals surface area contributed by atoms with Gasteiger partial charge < -0.3 is 19.3 Å². The van der Waals surface area contributed by atoms with Crippen LogP contribution in [-0.4, -0.2) is 31.4 Å². The number of carboxylic acids is 1. The summed E-state index contributed by atoms with van der Waals surface area (Å²) in [6, 6.07) is 0. The van der Waals surface area contributed by atoms with Crippen LogP contribution in [0.25, 0.3) is 0 Å². The molecule has 1 atom stereocenters. The highest BCUT2D eigenvalue weighted by Crippen LogP contribution is 2.48. The van der Waals surface area contributed by atoms with Crippen molar-refractivity contribution in [3.63, 3.8) is 0 Å². The van der Waals surface area contributed by atoms with Gasteiger partial charge in [0.05, 0.1) is 26.2 Å². The molecule has 120 valence electrons. The van der Waals surface area contributed by atoms with Crippen LogP contribution in [0.4, 0.5) is 0 Å². The van der Waals surface area contributed by atoms with Crippen molar-refractivity contribution < 1.29 is 24.1 Å². The molecular weight excluding hydrogens is 284 g/mol. The van der Waals surface area contributed by atoms with Crippen LogP contribution in [0.15, 0.2) is 0 Å². The number of carboxylic acid groups (broad SMARTS) is 1. The van der Waals surface area contributed by atoms with Crippen molar-refractivity contribution in [3.05, 3.63) is 16.7 Å². The van der Waals surface area contributed by atoms with Gasteiger partial charge >= 0.3 is 5.97 Å². The number of hydrogen-bond acceptors (Lipinski definition) is 4. The summed E-state index contributed by atoms with van der Waals surface area (Å²) in [5.74, 6) is 1.17. The third-order valence-electron chi connectivity index (χ3n) is 4.44. The summed E-state index contributed by atoms with van der Waals surface area (Å²) in [6.45, 7) is 3.08. The van der Waals surface area contributed by atoms with E-state index in [2.05, 4.69) is 0 Å². The summed E-state index contributed by atoms with van der Waals surface area (Å²) in [4.78, 5) is 11.3. The molecule has 1 aromatic carbocycles. The zero-order chi connectivity index (χ0) is 15.7. The Bertz CT molecular complexity index is 556. The zero-order valence-electron chi connectivity index (χ0n) is 13.1. The fourth-order valence-corrected chi connectivity index (χ4v) is 3.32. The van der Waals surface area contributed by atoms with Gasteiger partial charge in [-0.25, -0.2) is 0 Å². The number of methoxy groups -OCH3 is 1. The number of ether oxygens (including phenoxy) is 3. The average Bonchev–Trinajstić information content (AvgIpc) is 2.54. The van der Waals surface area contributed by atoms with Gasteiger partial charge in [-0.3, -0.25) is 4.79 Å². The highest BCUT2D eigenvalue weighted by atomic mass is 16.5. The lowest BCUT2D eigenvalue weighted by Crippen LogP contribution is -2.21. The summed E-state index contributed by atoms with van der Waals surface area (Å²) in [5.41, 5.74) is 3.10. The Morgan fingerprint density at radius 3 is 2.45 bits per heavy atom. The van der Waals surface area contributed by atoms with Crippen molar-refractivity contribution in [2.24, 2.45) is 5.92 Å². The van der Waals surface area contributed by atoms with Gasteiger partial charge in [-0.2, -0.15) is 0 Å². The Labute approximate surface area is 130 Å². The second-order valence-electron chi connectivity index (χ2n) is 5.97. The average molecular weight is 306 g/mol. The van der Waals surface area contributed by atoms with Gasteiger partial charge in [0.2, 0.25) is 0 Å². The van der Waals surface area contributed by atoms with Gasteiger partial charge in [-0.1, -0.05) is 6.92 Å². The van der Waals surface area contributed by atoms with Gasteiger partial charge in [0.1, 0.15) is 5.75 Å². The SMILES string of the molecule is COc1c2c(c(CC(C)C(=O)O)c3c1OCCC3)OCCC2. The van der Waals surface area contributed by atoms with Crippen molar-refractivity contribution >= 4 is 5.97 Å². The summed E-state index contributed by atoms with van der Waals surface area (Å²) in [5, 5.41) is 9.26. The van der Waals surface area contributed by atoms with E-state index in [-0.39, 0.29) is 0 Å². The third kappa shape index (κ3) is 2.49. The van der Waals surface area contributed by atoms with Crippen LogP contribution in [-0.2, 0) is 24.1 Å². The third-order valence-corrected chi connectivity index (χ3v) is 4.44.